The lowest BCUT2D eigenvalue weighted by Crippen LogP contribution is -2.48. The first-order valence-corrected chi connectivity index (χ1v) is 8.83. The van der Waals surface area contributed by atoms with Crippen LogP contribution in [0, 0.1) is 0 Å². The van der Waals surface area contributed by atoms with Gasteiger partial charge in [0.15, 0.2) is 0 Å². The summed E-state index contributed by atoms with van der Waals surface area (Å²) in [4.78, 5) is 39.4. The summed E-state index contributed by atoms with van der Waals surface area (Å²) in [5, 5.41) is 0.306. The van der Waals surface area contributed by atoms with E-state index in [9.17, 15) is 18.4 Å². The normalized spacial score (nSPS) is 14.8. The number of fused-ring (bicyclic) bond motifs is 1. The minimum Gasteiger partial charge on any atom is -0.368 e. The van der Waals surface area contributed by atoms with Crippen molar-refractivity contribution in [2.24, 2.45) is 0 Å². The van der Waals surface area contributed by atoms with E-state index in [0.29, 0.717) is 42.8 Å². The number of halogens is 2. The molecular formula is C18H18F2N6O2. The third-order valence-corrected chi connectivity index (χ3v) is 4.80. The van der Waals surface area contributed by atoms with Crippen molar-refractivity contribution in [1.29, 1.82) is 0 Å². The highest BCUT2D eigenvalue weighted by Crippen LogP contribution is 2.21. The number of H-pyrrole nitrogens is 1. The molecule has 3 aromatic rings. The van der Waals surface area contributed by atoms with Gasteiger partial charge >= 0.3 is 0 Å². The van der Waals surface area contributed by atoms with Crippen LogP contribution in [0.3, 0.4) is 0 Å². The number of alkyl halides is 2. The van der Waals surface area contributed by atoms with Crippen molar-refractivity contribution in [2.45, 2.75) is 13.0 Å². The number of nitrogens with zero attached hydrogens (tertiary/aromatic N) is 5. The van der Waals surface area contributed by atoms with Gasteiger partial charge < -0.3 is 14.8 Å². The lowest BCUT2D eigenvalue weighted by atomic mass is 10.2. The maximum absolute atomic E-state index is 12.6. The van der Waals surface area contributed by atoms with E-state index in [2.05, 4.69) is 19.9 Å². The number of carbonyl (C=O) groups is 1. The smallest absolute Gasteiger partial charge is 0.272 e. The Bertz CT molecular complexity index is 1040. The van der Waals surface area contributed by atoms with Gasteiger partial charge in [-0.05, 0) is 18.2 Å². The third-order valence-electron chi connectivity index (χ3n) is 4.80. The number of anilines is 1. The Hall–Kier alpha value is -3.30. The predicted molar refractivity (Wildman–Crippen MR) is 98.7 cm³/mol. The molecule has 4 rings (SSSR count). The van der Waals surface area contributed by atoms with E-state index in [-0.39, 0.29) is 5.91 Å². The van der Waals surface area contributed by atoms with Crippen molar-refractivity contribution in [1.82, 2.24) is 24.4 Å². The molecule has 1 N–H and O–H groups in total. The van der Waals surface area contributed by atoms with Gasteiger partial charge in [-0.15, -0.1) is 0 Å². The second kappa shape index (κ2) is 7.37. The fraction of sp³-hybridized carbons (Fsp3) is 0.333. The van der Waals surface area contributed by atoms with Crippen LogP contribution < -0.4 is 10.5 Å². The first kappa shape index (κ1) is 18.1. The molecule has 0 radical (unpaired) electrons. The average molecular weight is 388 g/mol. The van der Waals surface area contributed by atoms with Crippen LogP contribution in [0.5, 0.6) is 0 Å². The van der Waals surface area contributed by atoms with Crippen LogP contribution in [0.25, 0.3) is 10.9 Å². The number of imidazole rings is 1. The molecule has 1 aromatic carbocycles. The van der Waals surface area contributed by atoms with Gasteiger partial charge in [0.05, 0.1) is 36.3 Å². The van der Waals surface area contributed by atoms with E-state index in [1.807, 2.05) is 0 Å². The highest BCUT2D eigenvalue weighted by molar-refractivity contribution is 5.92. The molecule has 0 unspecified atom stereocenters. The molecule has 3 heterocycles. The number of carbonyl (C=O) groups excluding carboxylic acids is 1. The van der Waals surface area contributed by atoms with Gasteiger partial charge in [-0.3, -0.25) is 14.2 Å². The van der Waals surface area contributed by atoms with E-state index >= 15 is 0 Å². The third kappa shape index (κ3) is 3.45. The molecule has 8 nitrogen and oxygen atoms in total. The zero-order chi connectivity index (χ0) is 19.7. The predicted octanol–water partition coefficient (Wildman–Crippen LogP) is 1.35. The van der Waals surface area contributed by atoms with Gasteiger partial charge in [0, 0.05) is 31.9 Å². The molecule has 1 saturated heterocycles. The van der Waals surface area contributed by atoms with Gasteiger partial charge in [0.1, 0.15) is 5.69 Å². The highest BCUT2D eigenvalue weighted by atomic mass is 19.3. The molecule has 28 heavy (non-hydrogen) atoms. The molecule has 2 aromatic heterocycles. The van der Waals surface area contributed by atoms with Crippen molar-refractivity contribution in [3.63, 3.8) is 0 Å². The van der Waals surface area contributed by atoms with E-state index < -0.39 is 18.5 Å². The van der Waals surface area contributed by atoms with Crippen molar-refractivity contribution >= 4 is 22.5 Å². The molecule has 1 aliphatic rings. The number of rotatable bonds is 4. The van der Waals surface area contributed by atoms with Crippen molar-refractivity contribution in [2.75, 3.05) is 31.1 Å². The second-order valence-corrected chi connectivity index (χ2v) is 6.54. The van der Waals surface area contributed by atoms with Gasteiger partial charge in [0.2, 0.25) is 0 Å². The minimum absolute atomic E-state index is 0.0862. The average Bonchev–Trinajstić information content (AvgIpc) is 3.24. The molecule has 0 saturated carbocycles. The van der Waals surface area contributed by atoms with Crippen LogP contribution in [0.15, 0.2) is 41.8 Å². The summed E-state index contributed by atoms with van der Waals surface area (Å²) in [5.41, 5.74) is 1.32. The van der Waals surface area contributed by atoms with Crippen molar-refractivity contribution in [3.05, 3.63) is 53.1 Å². The molecule has 1 amide bonds. The van der Waals surface area contributed by atoms with Crippen LogP contribution in [-0.2, 0) is 6.54 Å². The zero-order valence-corrected chi connectivity index (χ0v) is 14.9. The Morgan fingerprint density at radius 2 is 2.00 bits per heavy atom. The first-order chi connectivity index (χ1) is 13.5. The van der Waals surface area contributed by atoms with Gasteiger partial charge in [0.25, 0.3) is 17.9 Å². The summed E-state index contributed by atoms with van der Waals surface area (Å²) < 4.78 is 26.0. The number of aromatic nitrogens is 4. The molecule has 0 atom stereocenters. The van der Waals surface area contributed by atoms with Crippen LogP contribution in [-0.4, -0.2) is 62.9 Å². The Morgan fingerprint density at radius 1 is 1.21 bits per heavy atom. The number of amides is 1. The van der Waals surface area contributed by atoms with Crippen LogP contribution in [0.1, 0.15) is 10.5 Å². The zero-order valence-electron chi connectivity index (χ0n) is 14.9. The number of benzene rings is 1. The molecule has 0 bridgehead atoms. The maximum Gasteiger partial charge on any atom is 0.272 e. The Balaban J connectivity index is 1.49. The summed E-state index contributed by atoms with van der Waals surface area (Å²) in [7, 11) is 0. The van der Waals surface area contributed by atoms with Crippen molar-refractivity contribution in [3.8, 4) is 0 Å². The summed E-state index contributed by atoms with van der Waals surface area (Å²) in [6.45, 7) is 1.70. The van der Waals surface area contributed by atoms with Gasteiger partial charge in [-0.1, -0.05) is 0 Å². The van der Waals surface area contributed by atoms with Crippen LogP contribution in [0.4, 0.5) is 14.5 Å². The molecule has 0 spiro atoms. The molecule has 146 valence electrons. The highest BCUT2D eigenvalue weighted by Gasteiger charge is 2.23. The van der Waals surface area contributed by atoms with E-state index in [4.69, 9.17) is 0 Å². The summed E-state index contributed by atoms with van der Waals surface area (Å²) in [5.74, 6) is -0.0862. The second-order valence-electron chi connectivity index (χ2n) is 6.54. The lowest BCUT2D eigenvalue weighted by molar-refractivity contribution is 0.0741. The standard InChI is InChI=1S/C18H18F2N6O2/c19-16(20)9-26-11-23-14-7-12(1-2-13(14)17(26)27)24-3-5-25(6-4-24)18(28)15-8-21-10-22-15/h1-2,7-8,10-11,16H,3-6,9H2,(H,21,22). The van der Waals surface area contributed by atoms with Gasteiger partial charge in [-0.2, -0.15) is 0 Å². The maximum atomic E-state index is 12.6. The Labute approximate surface area is 158 Å². The summed E-state index contributed by atoms with van der Waals surface area (Å²) in [6, 6.07) is 5.17. The van der Waals surface area contributed by atoms with Crippen LogP contribution >= 0.6 is 0 Å². The van der Waals surface area contributed by atoms with Gasteiger partial charge in [-0.25, -0.2) is 18.7 Å². The Morgan fingerprint density at radius 3 is 2.68 bits per heavy atom. The minimum atomic E-state index is -2.61. The van der Waals surface area contributed by atoms with Crippen molar-refractivity contribution < 1.29 is 13.6 Å². The molecule has 1 fully saturated rings. The number of hydrogen-bond donors (Lipinski definition) is 1. The number of aromatic amines is 1. The monoisotopic (exact) mass is 388 g/mol. The first-order valence-electron chi connectivity index (χ1n) is 8.83. The van der Waals surface area contributed by atoms with Crippen LogP contribution in [0.2, 0.25) is 0 Å². The summed E-state index contributed by atoms with van der Waals surface area (Å²) >= 11 is 0. The lowest BCUT2D eigenvalue weighted by Gasteiger charge is -2.36. The summed E-state index contributed by atoms with van der Waals surface area (Å²) in [6.07, 6.45) is 1.52. The fourth-order valence-electron chi connectivity index (χ4n) is 3.33. The topological polar surface area (TPSA) is 87.1 Å². The molecular weight excluding hydrogens is 370 g/mol. The van der Waals surface area contributed by atoms with E-state index in [1.165, 1.54) is 12.5 Å². The number of hydrogen-bond acceptors (Lipinski definition) is 5. The quantitative estimate of drug-likeness (QED) is 0.729. The van der Waals surface area contributed by atoms with E-state index in [1.54, 1.807) is 23.1 Å². The molecule has 10 heteroatoms. The molecule has 0 aliphatic carbocycles. The number of piperazine rings is 1. The fourth-order valence-corrected chi connectivity index (χ4v) is 3.33. The largest absolute Gasteiger partial charge is 0.368 e. The Kier molecular flexibility index (Phi) is 4.76. The molecule has 1 aliphatic heterocycles. The SMILES string of the molecule is O=C(c1cnc[nH]1)N1CCN(c2ccc3c(=O)n(CC(F)F)cnc3c2)CC1. The number of nitrogens with one attached hydrogen (secondary N) is 1. The van der Waals surface area contributed by atoms with E-state index in [0.717, 1.165) is 16.6 Å².